The molecule has 7 rings (SSSR count). The van der Waals surface area contributed by atoms with E-state index in [9.17, 15) is 23.3 Å². The number of benzene rings is 2. The topological polar surface area (TPSA) is 138 Å². The molecule has 13 heteroatoms. The van der Waals surface area contributed by atoms with Crippen molar-refractivity contribution in [2.24, 2.45) is 0 Å². The summed E-state index contributed by atoms with van der Waals surface area (Å²) in [5.74, 6) is -0.825. The highest BCUT2D eigenvalue weighted by Crippen LogP contribution is 2.51. The SMILES string of the molecule is N#CC1(NC(=O)[C@@H]2C[C@@H](S(=O)(=O)c3ccc(-n4ccc5ncnc-5c4)cc3Cl)CN2C(=O)C2(c3ccc(Cl)cc3)CC2)CC1. The van der Waals surface area contributed by atoms with Crippen LogP contribution in [0.15, 0.2) is 72.1 Å². The molecule has 2 aliphatic carbocycles. The van der Waals surface area contributed by atoms with Gasteiger partial charge >= 0.3 is 0 Å². The molecule has 2 aromatic rings. The molecule has 3 fully saturated rings. The molecule has 0 unspecified atom stereocenters. The maximum atomic E-state index is 14.1. The largest absolute Gasteiger partial charge is 0.336 e. The minimum Gasteiger partial charge on any atom is -0.336 e. The monoisotopic (exact) mass is 648 g/mol. The van der Waals surface area contributed by atoms with Crippen LogP contribution in [-0.2, 0) is 24.8 Å². The Bertz CT molecular complexity index is 1930. The van der Waals surface area contributed by atoms with Gasteiger partial charge in [0, 0.05) is 29.6 Å². The number of aromatic nitrogens is 3. The standard InChI is InChI=1S/C31H26Cl2N6O4S/c32-20-3-1-19(2-4-20)31(10-11-31)29(41)39-15-22(14-26(39)28(40)37-30(17-34)8-9-30)44(42,43)27-6-5-21(13-23(27)33)38-12-7-24-25(16-38)36-18-35-24/h1-7,12-13,16,18,22,26H,8-11,14-15H2,(H,37,40)/t22-,26+/m1/s1. The van der Waals surface area contributed by atoms with Gasteiger partial charge in [-0.3, -0.25) is 9.59 Å². The molecule has 0 bridgehead atoms. The summed E-state index contributed by atoms with van der Waals surface area (Å²) in [5.41, 5.74) is 0.995. The summed E-state index contributed by atoms with van der Waals surface area (Å²) in [6, 6.07) is 14.5. The van der Waals surface area contributed by atoms with Crippen molar-refractivity contribution in [3.63, 3.8) is 0 Å². The normalized spacial score (nSPS) is 21.5. The number of nitriles is 1. The van der Waals surface area contributed by atoms with Crippen molar-refractivity contribution < 1.29 is 18.0 Å². The van der Waals surface area contributed by atoms with Gasteiger partial charge in [0.05, 0.1) is 32.3 Å². The third kappa shape index (κ3) is 4.82. The Morgan fingerprint density at radius 3 is 2.39 bits per heavy atom. The molecule has 0 spiro atoms. The van der Waals surface area contributed by atoms with E-state index in [1.807, 2.05) is 0 Å². The van der Waals surface area contributed by atoms with Crippen LogP contribution in [-0.4, -0.2) is 63.0 Å². The van der Waals surface area contributed by atoms with E-state index in [4.69, 9.17) is 23.2 Å². The fourth-order valence-corrected chi connectivity index (χ4v) is 8.42. The summed E-state index contributed by atoms with van der Waals surface area (Å²) in [5, 5.41) is 11.8. The number of rotatable bonds is 7. The second kappa shape index (κ2) is 10.3. The number of sulfone groups is 1. The molecule has 5 aliphatic rings. The highest BCUT2D eigenvalue weighted by atomic mass is 35.5. The number of hydrogen-bond donors (Lipinski definition) is 1. The second-order valence-corrected chi connectivity index (χ2v) is 14.8. The Morgan fingerprint density at radius 1 is 1.00 bits per heavy atom. The van der Waals surface area contributed by atoms with Crippen LogP contribution >= 0.6 is 23.2 Å². The van der Waals surface area contributed by atoms with E-state index in [0.29, 0.717) is 42.1 Å². The number of nitrogens with zero attached hydrogens (tertiary/aromatic N) is 5. The van der Waals surface area contributed by atoms with Crippen molar-refractivity contribution in [3.05, 3.63) is 82.9 Å². The number of carbonyl (C=O) groups is 2. The van der Waals surface area contributed by atoms with Crippen LogP contribution in [0, 0.1) is 11.3 Å². The van der Waals surface area contributed by atoms with Gasteiger partial charge in [-0.15, -0.1) is 0 Å². The van der Waals surface area contributed by atoms with Gasteiger partial charge in [0.2, 0.25) is 11.8 Å². The van der Waals surface area contributed by atoms with Gasteiger partial charge in [-0.1, -0.05) is 35.3 Å². The first-order valence-corrected chi connectivity index (χ1v) is 16.5. The summed E-state index contributed by atoms with van der Waals surface area (Å²) < 4.78 is 29.9. The predicted octanol–water partition coefficient (Wildman–Crippen LogP) is 4.33. The van der Waals surface area contributed by atoms with E-state index in [2.05, 4.69) is 21.4 Å². The van der Waals surface area contributed by atoms with E-state index >= 15 is 0 Å². The summed E-state index contributed by atoms with van der Waals surface area (Å²) >= 11 is 12.7. The zero-order chi connectivity index (χ0) is 30.9. The van der Waals surface area contributed by atoms with Crippen molar-refractivity contribution in [3.8, 4) is 23.1 Å². The van der Waals surface area contributed by atoms with Gasteiger partial charge < -0.3 is 14.8 Å². The summed E-state index contributed by atoms with van der Waals surface area (Å²) in [6.45, 7) is -0.173. The van der Waals surface area contributed by atoms with Crippen molar-refractivity contribution in [1.29, 1.82) is 5.26 Å². The van der Waals surface area contributed by atoms with Crippen LogP contribution in [0.2, 0.25) is 10.0 Å². The van der Waals surface area contributed by atoms with Crippen LogP contribution in [0.4, 0.5) is 0 Å². The Hall–Kier alpha value is -3.98. The van der Waals surface area contributed by atoms with E-state index in [0.717, 1.165) is 11.3 Å². The number of imidazole rings is 1. The molecule has 2 atom stereocenters. The molecular formula is C31H26Cl2N6O4S. The van der Waals surface area contributed by atoms with E-state index in [1.165, 1.54) is 17.3 Å². The Kier molecular flexibility index (Phi) is 6.73. The third-order valence-corrected chi connectivity index (χ3v) is 11.8. The lowest BCUT2D eigenvalue weighted by Crippen LogP contribution is -2.51. The quantitative estimate of drug-likeness (QED) is 0.315. The number of fused-ring (bicyclic) bond motifs is 1. The first kappa shape index (κ1) is 28.8. The number of halogens is 2. The summed E-state index contributed by atoms with van der Waals surface area (Å²) in [6.07, 6.45) is 7.07. The third-order valence-electron chi connectivity index (χ3n) is 8.98. The van der Waals surface area contributed by atoms with E-state index < -0.39 is 38.0 Å². The predicted molar refractivity (Wildman–Crippen MR) is 162 cm³/mol. The number of amides is 2. The van der Waals surface area contributed by atoms with Crippen molar-refractivity contribution in [2.75, 3.05) is 6.54 Å². The molecular weight excluding hydrogens is 623 g/mol. The van der Waals surface area contributed by atoms with Gasteiger partial charge in [0.25, 0.3) is 0 Å². The zero-order valence-corrected chi connectivity index (χ0v) is 25.6. The van der Waals surface area contributed by atoms with Crippen molar-refractivity contribution in [2.45, 2.75) is 59.2 Å². The minimum absolute atomic E-state index is 0.0238. The molecule has 44 heavy (non-hydrogen) atoms. The average molecular weight is 650 g/mol. The molecule has 10 nitrogen and oxygen atoms in total. The number of carbonyl (C=O) groups excluding carboxylic acids is 2. The Morgan fingerprint density at radius 2 is 1.73 bits per heavy atom. The first-order chi connectivity index (χ1) is 21.0. The van der Waals surface area contributed by atoms with Gasteiger partial charge in [0.1, 0.15) is 23.6 Å². The van der Waals surface area contributed by atoms with Crippen LogP contribution in [0.1, 0.15) is 37.7 Å². The summed E-state index contributed by atoms with van der Waals surface area (Å²) in [4.78, 5) is 37.4. The first-order valence-electron chi connectivity index (χ1n) is 14.2. The maximum absolute atomic E-state index is 14.1. The second-order valence-electron chi connectivity index (χ2n) is 11.8. The minimum atomic E-state index is -4.08. The smallest absolute Gasteiger partial charge is 0.244 e. The van der Waals surface area contributed by atoms with Crippen LogP contribution in [0.25, 0.3) is 17.1 Å². The van der Waals surface area contributed by atoms with E-state index in [1.54, 1.807) is 59.4 Å². The van der Waals surface area contributed by atoms with E-state index in [-0.39, 0.29) is 28.8 Å². The molecule has 0 aromatic heterocycles. The van der Waals surface area contributed by atoms with Crippen LogP contribution in [0.5, 0.6) is 0 Å². The lowest BCUT2D eigenvalue weighted by Gasteiger charge is -2.29. The van der Waals surface area contributed by atoms with Gasteiger partial charge in [-0.2, -0.15) is 5.26 Å². The molecule has 1 N–H and O–H groups in total. The number of pyridine rings is 1. The number of hydrogen-bond acceptors (Lipinski definition) is 7. The lowest BCUT2D eigenvalue weighted by molar-refractivity contribution is -0.140. The molecule has 224 valence electrons. The highest BCUT2D eigenvalue weighted by molar-refractivity contribution is 7.92. The highest BCUT2D eigenvalue weighted by Gasteiger charge is 2.58. The fraction of sp³-hybridized carbons (Fsp3) is 0.323. The van der Waals surface area contributed by atoms with Gasteiger partial charge in [-0.05, 0) is 74.1 Å². The van der Waals surface area contributed by atoms with Crippen LogP contribution in [0.3, 0.4) is 0 Å². The molecule has 0 radical (unpaired) electrons. The number of nitrogens with one attached hydrogen (secondary N) is 1. The maximum Gasteiger partial charge on any atom is 0.244 e. The van der Waals surface area contributed by atoms with Crippen molar-refractivity contribution >= 4 is 44.9 Å². The Labute approximate surface area is 263 Å². The average Bonchev–Trinajstić information content (AvgIpc) is 3.88. The molecule has 2 amide bonds. The molecule has 3 heterocycles. The van der Waals surface area contributed by atoms with Crippen LogP contribution < -0.4 is 5.32 Å². The molecule has 1 saturated heterocycles. The zero-order valence-electron chi connectivity index (χ0n) is 23.3. The molecule has 3 aliphatic heterocycles. The number of likely N-dealkylation sites (tertiary alicyclic amines) is 1. The fourth-order valence-electron chi connectivity index (χ4n) is 6.06. The molecule has 2 saturated carbocycles. The van der Waals surface area contributed by atoms with Crippen molar-refractivity contribution in [1.82, 2.24) is 24.8 Å². The van der Waals surface area contributed by atoms with Gasteiger partial charge in [-0.25, -0.2) is 18.4 Å². The molecule has 2 aromatic carbocycles. The Balaban J connectivity index is 1.19. The lowest BCUT2D eigenvalue weighted by atomic mass is 9.94. The summed E-state index contributed by atoms with van der Waals surface area (Å²) in [7, 11) is -4.08. The van der Waals surface area contributed by atoms with Gasteiger partial charge in [0.15, 0.2) is 9.84 Å².